The summed E-state index contributed by atoms with van der Waals surface area (Å²) in [4.78, 5) is 3.89. The van der Waals surface area contributed by atoms with E-state index >= 15 is 0 Å². The van der Waals surface area contributed by atoms with E-state index < -0.39 is 11.7 Å². The Balaban J connectivity index is 2.00. The first-order valence-electron chi connectivity index (χ1n) is 6.17. The molecule has 1 heterocycles. The molecule has 0 fully saturated rings. The zero-order valence-electron chi connectivity index (χ0n) is 11.1. The number of anilines is 1. The topological polar surface area (TPSA) is 37.0 Å². The van der Waals surface area contributed by atoms with Gasteiger partial charge in [0.1, 0.15) is 0 Å². The summed E-state index contributed by atoms with van der Waals surface area (Å²) in [6.45, 7) is 0.439. The second-order valence-electron chi connectivity index (χ2n) is 4.36. The Morgan fingerprint density at radius 2 is 1.86 bits per heavy atom. The van der Waals surface area contributed by atoms with E-state index in [9.17, 15) is 13.2 Å². The summed E-state index contributed by atoms with van der Waals surface area (Å²) >= 11 is 10.6. The maximum atomic E-state index is 12.8. The summed E-state index contributed by atoms with van der Waals surface area (Å²) in [5, 5.41) is 5.46. The fourth-order valence-electron chi connectivity index (χ4n) is 1.68. The van der Waals surface area contributed by atoms with E-state index in [1.54, 1.807) is 24.5 Å². The van der Waals surface area contributed by atoms with Crippen LogP contribution in [0.4, 0.5) is 18.9 Å². The van der Waals surface area contributed by atoms with Crippen LogP contribution in [0.1, 0.15) is 11.1 Å². The predicted molar refractivity (Wildman–Crippen MR) is 83.8 cm³/mol. The summed E-state index contributed by atoms with van der Waals surface area (Å²) in [6, 6.07) is 7.14. The van der Waals surface area contributed by atoms with Gasteiger partial charge in [0, 0.05) is 24.6 Å². The van der Waals surface area contributed by atoms with Gasteiger partial charge < -0.3 is 10.6 Å². The van der Waals surface area contributed by atoms with Crippen LogP contribution in [0.3, 0.4) is 0 Å². The first kappa shape index (κ1) is 16.5. The first-order chi connectivity index (χ1) is 10.4. The molecule has 0 aliphatic carbocycles. The number of hydrogen-bond acceptors (Lipinski definition) is 2. The fourth-order valence-corrected chi connectivity index (χ4v) is 2.09. The third-order valence-electron chi connectivity index (χ3n) is 2.73. The van der Waals surface area contributed by atoms with Crippen LogP contribution < -0.4 is 10.6 Å². The molecule has 0 bridgehead atoms. The minimum Gasteiger partial charge on any atom is -0.358 e. The van der Waals surface area contributed by atoms with Gasteiger partial charge in [0.15, 0.2) is 5.11 Å². The molecule has 2 aromatic rings. The van der Waals surface area contributed by atoms with Crippen molar-refractivity contribution in [2.75, 3.05) is 5.32 Å². The molecule has 0 saturated carbocycles. The van der Waals surface area contributed by atoms with Crippen molar-refractivity contribution in [3.05, 3.63) is 58.9 Å². The van der Waals surface area contributed by atoms with Gasteiger partial charge in [0.25, 0.3) is 0 Å². The van der Waals surface area contributed by atoms with Crippen molar-refractivity contribution in [3.63, 3.8) is 0 Å². The number of benzene rings is 1. The van der Waals surface area contributed by atoms with Crippen LogP contribution in [0.2, 0.25) is 5.02 Å². The summed E-state index contributed by atoms with van der Waals surface area (Å²) in [7, 11) is 0. The highest BCUT2D eigenvalue weighted by Gasteiger charge is 2.33. The molecule has 2 N–H and O–H groups in total. The first-order valence-corrected chi connectivity index (χ1v) is 6.95. The molecule has 0 radical (unpaired) electrons. The van der Waals surface area contributed by atoms with Gasteiger partial charge in [-0.3, -0.25) is 4.98 Å². The molecule has 0 amide bonds. The van der Waals surface area contributed by atoms with Crippen LogP contribution in [-0.4, -0.2) is 10.1 Å². The number of hydrogen-bond donors (Lipinski definition) is 2. The number of thiocarbonyl (C=S) groups is 1. The molecule has 1 aromatic carbocycles. The molecule has 0 aliphatic rings. The second kappa shape index (κ2) is 6.93. The molecule has 0 aliphatic heterocycles. The summed E-state index contributed by atoms with van der Waals surface area (Å²) < 4.78 is 38.3. The molecular weight excluding hydrogens is 335 g/mol. The van der Waals surface area contributed by atoms with Crippen LogP contribution in [0.5, 0.6) is 0 Å². The van der Waals surface area contributed by atoms with Gasteiger partial charge in [-0.25, -0.2) is 0 Å². The summed E-state index contributed by atoms with van der Waals surface area (Å²) in [5.41, 5.74) is 0.256. The molecule has 1 aromatic heterocycles. The monoisotopic (exact) mass is 345 g/mol. The minimum absolute atomic E-state index is 0.212. The highest BCUT2D eigenvalue weighted by molar-refractivity contribution is 7.80. The summed E-state index contributed by atoms with van der Waals surface area (Å²) in [6.07, 6.45) is -1.23. The molecule has 116 valence electrons. The number of nitrogens with one attached hydrogen (secondary N) is 2. The molecule has 22 heavy (non-hydrogen) atoms. The lowest BCUT2D eigenvalue weighted by Crippen LogP contribution is -2.28. The van der Waals surface area contributed by atoms with Crippen LogP contribution in [0.15, 0.2) is 42.7 Å². The third-order valence-corrected chi connectivity index (χ3v) is 3.31. The largest absolute Gasteiger partial charge is 0.417 e. The molecule has 3 nitrogen and oxygen atoms in total. The van der Waals surface area contributed by atoms with Crippen molar-refractivity contribution >= 4 is 34.6 Å². The average molecular weight is 346 g/mol. The van der Waals surface area contributed by atoms with Crippen molar-refractivity contribution in [1.29, 1.82) is 0 Å². The van der Waals surface area contributed by atoms with Crippen LogP contribution in [-0.2, 0) is 12.7 Å². The Hall–Kier alpha value is -1.86. The van der Waals surface area contributed by atoms with Crippen LogP contribution in [0, 0.1) is 0 Å². The molecule has 0 spiro atoms. The highest BCUT2D eigenvalue weighted by atomic mass is 35.5. The number of halogens is 4. The number of alkyl halides is 3. The van der Waals surface area contributed by atoms with Crippen molar-refractivity contribution in [1.82, 2.24) is 10.3 Å². The van der Waals surface area contributed by atoms with E-state index in [2.05, 4.69) is 15.6 Å². The van der Waals surface area contributed by atoms with Crippen molar-refractivity contribution in [2.24, 2.45) is 0 Å². The number of pyridine rings is 1. The van der Waals surface area contributed by atoms with Crippen molar-refractivity contribution in [3.8, 4) is 0 Å². The SMILES string of the molecule is FC(F)(F)c1cc(NC(=S)NCc2ccncc2)ccc1Cl. The quantitative estimate of drug-likeness (QED) is 0.816. The molecular formula is C14H11ClF3N3S. The third kappa shape index (κ3) is 4.57. The second-order valence-corrected chi connectivity index (χ2v) is 5.17. The minimum atomic E-state index is -4.51. The molecule has 2 rings (SSSR count). The lowest BCUT2D eigenvalue weighted by atomic mass is 10.2. The maximum absolute atomic E-state index is 12.8. The van der Waals surface area contributed by atoms with Gasteiger partial charge in [-0.2, -0.15) is 13.2 Å². The Kier molecular flexibility index (Phi) is 5.20. The van der Waals surface area contributed by atoms with Gasteiger partial charge in [-0.1, -0.05) is 11.6 Å². The zero-order valence-corrected chi connectivity index (χ0v) is 12.7. The standard InChI is InChI=1S/C14H11ClF3N3S/c15-12-2-1-10(7-11(12)14(16,17)18)21-13(22)20-8-9-3-5-19-6-4-9/h1-7H,8H2,(H2,20,21,22). The average Bonchev–Trinajstić information content (AvgIpc) is 2.47. The Bertz CT molecular complexity index is 662. The van der Waals surface area contributed by atoms with Crippen LogP contribution >= 0.6 is 23.8 Å². The lowest BCUT2D eigenvalue weighted by molar-refractivity contribution is -0.137. The number of aromatic nitrogens is 1. The molecule has 8 heteroatoms. The summed E-state index contributed by atoms with van der Waals surface area (Å²) in [5.74, 6) is 0. The lowest BCUT2D eigenvalue weighted by Gasteiger charge is -2.14. The van der Waals surface area contributed by atoms with Gasteiger partial charge in [0.05, 0.1) is 10.6 Å². The molecule has 0 unspecified atom stereocenters. The van der Waals surface area contributed by atoms with E-state index in [1.165, 1.54) is 12.1 Å². The Morgan fingerprint density at radius 3 is 2.50 bits per heavy atom. The Morgan fingerprint density at radius 1 is 1.18 bits per heavy atom. The predicted octanol–water partition coefficient (Wildman–Crippen LogP) is 4.24. The number of rotatable bonds is 3. The van der Waals surface area contributed by atoms with E-state index in [0.29, 0.717) is 6.54 Å². The normalized spacial score (nSPS) is 11.1. The van der Waals surface area contributed by atoms with Gasteiger partial charge in [-0.05, 0) is 48.1 Å². The van der Waals surface area contributed by atoms with E-state index in [0.717, 1.165) is 11.6 Å². The Labute approximate surface area is 135 Å². The van der Waals surface area contributed by atoms with Gasteiger partial charge in [-0.15, -0.1) is 0 Å². The fraction of sp³-hybridized carbons (Fsp3) is 0.143. The maximum Gasteiger partial charge on any atom is 0.417 e. The number of nitrogens with zero attached hydrogens (tertiary/aromatic N) is 1. The van der Waals surface area contributed by atoms with Gasteiger partial charge in [0.2, 0.25) is 0 Å². The highest BCUT2D eigenvalue weighted by Crippen LogP contribution is 2.36. The van der Waals surface area contributed by atoms with Gasteiger partial charge >= 0.3 is 6.18 Å². The van der Waals surface area contributed by atoms with E-state index in [-0.39, 0.29) is 15.8 Å². The zero-order chi connectivity index (χ0) is 16.2. The van der Waals surface area contributed by atoms with E-state index in [1.807, 2.05) is 0 Å². The molecule has 0 atom stereocenters. The van der Waals surface area contributed by atoms with Crippen molar-refractivity contribution < 1.29 is 13.2 Å². The van der Waals surface area contributed by atoms with Crippen molar-refractivity contribution in [2.45, 2.75) is 12.7 Å². The smallest absolute Gasteiger partial charge is 0.358 e. The van der Waals surface area contributed by atoms with E-state index in [4.69, 9.17) is 23.8 Å². The van der Waals surface area contributed by atoms with Crippen LogP contribution in [0.25, 0.3) is 0 Å². The molecule has 0 saturated heterocycles.